The molecule has 0 fully saturated rings. The van der Waals surface area contributed by atoms with Crippen LogP contribution in [0.25, 0.3) is 10.4 Å². The number of carbonyl (C=O) groups excluding carboxylic acids is 1. The van der Waals surface area contributed by atoms with Crippen molar-refractivity contribution in [3.63, 3.8) is 0 Å². The molecule has 0 aliphatic carbocycles. The fraction of sp³-hybridized carbons (Fsp3) is 0.533. The van der Waals surface area contributed by atoms with Gasteiger partial charge in [-0.05, 0) is 49.9 Å². The number of azide groups is 1. The van der Waals surface area contributed by atoms with Gasteiger partial charge in [0.2, 0.25) is 0 Å². The van der Waals surface area contributed by atoms with Crippen molar-refractivity contribution in [3.8, 4) is 5.75 Å². The average Bonchev–Trinajstić information content (AvgIpc) is 2.46. The number of aryl methyl sites for hydroxylation is 2. The smallest absolute Gasteiger partial charge is 0.305 e. The van der Waals surface area contributed by atoms with Crippen LogP contribution in [-0.4, -0.2) is 19.7 Å². The lowest BCUT2D eigenvalue weighted by Crippen LogP contribution is -2.07. The van der Waals surface area contributed by atoms with Gasteiger partial charge in [0, 0.05) is 16.9 Å². The van der Waals surface area contributed by atoms with Gasteiger partial charge in [0.05, 0.1) is 19.8 Å². The molecule has 114 valence electrons. The van der Waals surface area contributed by atoms with Gasteiger partial charge in [0.1, 0.15) is 5.75 Å². The highest BCUT2D eigenvalue weighted by Gasteiger charge is 2.18. The van der Waals surface area contributed by atoms with E-state index in [1.54, 1.807) is 14.0 Å². The molecule has 6 heteroatoms. The van der Waals surface area contributed by atoms with E-state index >= 15 is 0 Å². The van der Waals surface area contributed by atoms with Gasteiger partial charge >= 0.3 is 5.97 Å². The molecule has 1 rings (SSSR count). The Balaban J connectivity index is 3.02. The van der Waals surface area contributed by atoms with Gasteiger partial charge in [-0.25, -0.2) is 0 Å². The van der Waals surface area contributed by atoms with Crippen molar-refractivity contribution in [2.75, 3.05) is 13.7 Å². The summed E-state index contributed by atoms with van der Waals surface area (Å²) < 4.78 is 10.3. The molecule has 0 aliphatic rings. The van der Waals surface area contributed by atoms with Crippen LogP contribution in [0.1, 0.15) is 42.5 Å². The van der Waals surface area contributed by atoms with Crippen LogP contribution in [0.15, 0.2) is 17.2 Å². The summed E-state index contributed by atoms with van der Waals surface area (Å²) in [6.45, 7) is 6.08. The first-order valence-electron chi connectivity index (χ1n) is 6.88. The first-order chi connectivity index (χ1) is 10.0. The average molecular weight is 291 g/mol. The SMILES string of the molecule is CCOC(=O)CCC(N=[N+]=[N-])c1cc(C)c(C)cc1OC. The standard InChI is InChI=1S/C15H21N3O3/c1-5-21-15(19)7-6-13(17-18-16)12-8-10(2)11(3)9-14(12)20-4/h8-9,13H,5-7H2,1-4H3. The van der Waals surface area contributed by atoms with Crippen molar-refractivity contribution in [1.82, 2.24) is 0 Å². The van der Waals surface area contributed by atoms with Crippen molar-refractivity contribution in [1.29, 1.82) is 0 Å². The Morgan fingerprint density at radius 2 is 2.05 bits per heavy atom. The topological polar surface area (TPSA) is 84.3 Å². The van der Waals surface area contributed by atoms with Crippen molar-refractivity contribution in [2.24, 2.45) is 5.11 Å². The minimum atomic E-state index is -0.450. The number of benzene rings is 1. The number of ether oxygens (including phenoxy) is 2. The quantitative estimate of drug-likeness (QED) is 0.329. The molecule has 0 N–H and O–H groups in total. The van der Waals surface area contributed by atoms with E-state index in [2.05, 4.69) is 10.0 Å². The molecule has 0 radical (unpaired) electrons. The zero-order valence-corrected chi connectivity index (χ0v) is 12.9. The second-order valence-corrected chi connectivity index (χ2v) is 4.74. The van der Waals surface area contributed by atoms with Crippen molar-refractivity contribution in [2.45, 2.75) is 39.7 Å². The van der Waals surface area contributed by atoms with Gasteiger partial charge in [0.25, 0.3) is 0 Å². The Morgan fingerprint density at radius 1 is 1.38 bits per heavy atom. The number of hydrogen-bond acceptors (Lipinski definition) is 4. The maximum Gasteiger partial charge on any atom is 0.305 e. The van der Waals surface area contributed by atoms with E-state index in [9.17, 15) is 4.79 Å². The Bertz CT molecular complexity index is 551. The predicted octanol–water partition coefficient (Wildman–Crippen LogP) is 4.01. The molecule has 0 spiro atoms. The van der Waals surface area contributed by atoms with E-state index in [-0.39, 0.29) is 12.4 Å². The van der Waals surface area contributed by atoms with E-state index in [0.29, 0.717) is 18.8 Å². The minimum absolute atomic E-state index is 0.202. The fourth-order valence-electron chi connectivity index (χ4n) is 2.07. The Morgan fingerprint density at radius 3 is 2.62 bits per heavy atom. The molecule has 0 heterocycles. The zero-order valence-electron chi connectivity index (χ0n) is 12.9. The van der Waals surface area contributed by atoms with Crippen LogP contribution in [0, 0.1) is 13.8 Å². The van der Waals surface area contributed by atoms with Gasteiger partial charge in [-0.2, -0.15) is 0 Å². The lowest BCUT2D eigenvalue weighted by atomic mass is 9.97. The first-order valence-corrected chi connectivity index (χ1v) is 6.88. The molecule has 6 nitrogen and oxygen atoms in total. The van der Waals surface area contributed by atoms with Crippen LogP contribution < -0.4 is 4.74 Å². The third-order valence-corrected chi connectivity index (χ3v) is 3.32. The number of esters is 1. The normalized spacial score (nSPS) is 11.4. The van der Waals surface area contributed by atoms with Crippen molar-refractivity contribution >= 4 is 5.97 Å². The summed E-state index contributed by atoms with van der Waals surface area (Å²) in [5.41, 5.74) is 11.7. The minimum Gasteiger partial charge on any atom is -0.496 e. The molecule has 1 aromatic rings. The summed E-state index contributed by atoms with van der Waals surface area (Å²) in [4.78, 5) is 14.4. The molecule has 21 heavy (non-hydrogen) atoms. The zero-order chi connectivity index (χ0) is 15.8. The number of methoxy groups -OCH3 is 1. The van der Waals surface area contributed by atoms with Crippen molar-refractivity contribution < 1.29 is 14.3 Å². The Hall–Kier alpha value is -2.20. The molecule has 1 atom stereocenters. The lowest BCUT2D eigenvalue weighted by Gasteiger charge is -2.17. The van der Waals surface area contributed by atoms with Gasteiger partial charge in [-0.1, -0.05) is 11.2 Å². The van der Waals surface area contributed by atoms with Crippen LogP contribution in [0.4, 0.5) is 0 Å². The molecule has 0 bridgehead atoms. The van der Waals surface area contributed by atoms with Crippen LogP contribution >= 0.6 is 0 Å². The highest BCUT2D eigenvalue weighted by molar-refractivity contribution is 5.69. The van der Waals surface area contributed by atoms with Crippen LogP contribution in [0.5, 0.6) is 5.75 Å². The molecule has 0 saturated carbocycles. The predicted molar refractivity (Wildman–Crippen MR) is 80.2 cm³/mol. The third kappa shape index (κ3) is 4.68. The highest BCUT2D eigenvalue weighted by Crippen LogP contribution is 2.33. The second-order valence-electron chi connectivity index (χ2n) is 4.74. The Kier molecular flexibility index (Phi) is 6.56. The number of nitrogens with zero attached hydrogens (tertiary/aromatic N) is 3. The summed E-state index contributed by atoms with van der Waals surface area (Å²) in [5, 5.41) is 3.80. The summed E-state index contributed by atoms with van der Waals surface area (Å²) in [7, 11) is 1.58. The van der Waals surface area contributed by atoms with Gasteiger partial charge in [-0.15, -0.1) is 0 Å². The first kappa shape index (κ1) is 16.9. The van der Waals surface area contributed by atoms with Crippen LogP contribution in [-0.2, 0) is 9.53 Å². The Labute approximate surface area is 124 Å². The number of rotatable bonds is 7. The fourth-order valence-corrected chi connectivity index (χ4v) is 2.07. The number of carbonyl (C=O) groups is 1. The maximum absolute atomic E-state index is 11.5. The summed E-state index contributed by atoms with van der Waals surface area (Å²) in [6.07, 6.45) is 0.593. The molecule has 0 saturated heterocycles. The highest BCUT2D eigenvalue weighted by atomic mass is 16.5. The summed E-state index contributed by atoms with van der Waals surface area (Å²) >= 11 is 0. The van der Waals surface area contributed by atoms with Gasteiger partial charge in [0.15, 0.2) is 0 Å². The largest absolute Gasteiger partial charge is 0.496 e. The molecule has 0 amide bonds. The molecular formula is C15H21N3O3. The molecule has 0 aliphatic heterocycles. The second kappa shape index (κ2) is 8.17. The molecule has 0 aromatic heterocycles. The van der Waals surface area contributed by atoms with E-state index in [4.69, 9.17) is 15.0 Å². The van der Waals surface area contributed by atoms with E-state index < -0.39 is 6.04 Å². The molecule has 1 aromatic carbocycles. The third-order valence-electron chi connectivity index (χ3n) is 3.32. The summed E-state index contributed by atoms with van der Waals surface area (Å²) in [6, 6.07) is 3.40. The van der Waals surface area contributed by atoms with E-state index in [1.165, 1.54) is 0 Å². The van der Waals surface area contributed by atoms with Gasteiger partial charge < -0.3 is 9.47 Å². The molecule has 1 unspecified atom stereocenters. The molecular weight excluding hydrogens is 270 g/mol. The van der Waals surface area contributed by atoms with Crippen LogP contribution in [0.3, 0.4) is 0 Å². The van der Waals surface area contributed by atoms with Crippen molar-refractivity contribution in [3.05, 3.63) is 39.3 Å². The monoisotopic (exact) mass is 291 g/mol. The lowest BCUT2D eigenvalue weighted by molar-refractivity contribution is -0.143. The van der Waals surface area contributed by atoms with Crippen LogP contribution in [0.2, 0.25) is 0 Å². The van der Waals surface area contributed by atoms with E-state index in [1.807, 2.05) is 26.0 Å². The number of hydrogen-bond donors (Lipinski definition) is 0. The maximum atomic E-state index is 11.5. The summed E-state index contributed by atoms with van der Waals surface area (Å²) in [5.74, 6) is 0.373. The van der Waals surface area contributed by atoms with Gasteiger partial charge in [-0.3, -0.25) is 4.79 Å². The van der Waals surface area contributed by atoms with E-state index in [0.717, 1.165) is 16.7 Å².